The van der Waals surface area contributed by atoms with Crippen LogP contribution in [0.1, 0.15) is 32.7 Å². The monoisotopic (exact) mass is 413 g/mol. The normalized spacial score (nSPS) is 13.6. The molecule has 0 saturated carbocycles. The van der Waals surface area contributed by atoms with Gasteiger partial charge in [0.2, 0.25) is 0 Å². The van der Waals surface area contributed by atoms with Crippen LogP contribution < -0.4 is 9.80 Å². The van der Waals surface area contributed by atoms with Gasteiger partial charge in [-0.05, 0) is 56.9 Å². The Morgan fingerprint density at radius 3 is 1.81 bits per heavy atom. The van der Waals surface area contributed by atoms with Crippen LogP contribution in [0.4, 0.5) is 11.4 Å². The van der Waals surface area contributed by atoms with Crippen molar-refractivity contribution in [3.8, 4) is 0 Å². The van der Waals surface area contributed by atoms with Gasteiger partial charge in [-0.2, -0.15) is 0 Å². The SMILES string of the molecule is CN(C)CCCN1C(=O)c2ccccc2C(=O)N(Cc2ccccc2)c2ccccc21. The molecule has 1 heterocycles. The van der Waals surface area contributed by atoms with Crippen molar-refractivity contribution in [1.29, 1.82) is 0 Å². The molecule has 3 aromatic carbocycles. The fourth-order valence-corrected chi connectivity index (χ4v) is 3.98. The summed E-state index contributed by atoms with van der Waals surface area (Å²) in [5, 5.41) is 0. The molecule has 0 atom stereocenters. The van der Waals surface area contributed by atoms with Gasteiger partial charge in [0.05, 0.1) is 29.0 Å². The molecule has 31 heavy (non-hydrogen) atoms. The van der Waals surface area contributed by atoms with Crippen LogP contribution in [0.15, 0.2) is 78.9 Å². The highest BCUT2D eigenvalue weighted by molar-refractivity contribution is 6.20. The molecule has 0 saturated heterocycles. The zero-order valence-corrected chi connectivity index (χ0v) is 18.0. The van der Waals surface area contributed by atoms with Gasteiger partial charge >= 0.3 is 0 Å². The maximum absolute atomic E-state index is 13.7. The number of anilines is 2. The maximum Gasteiger partial charge on any atom is 0.259 e. The highest BCUT2D eigenvalue weighted by atomic mass is 16.2. The van der Waals surface area contributed by atoms with Gasteiger partial charge in [-0.15, -0.1) is 0 Å². The van der Waals surface area contributed by atoms with E-state index in [1.54, 1.807) is 17.0 Å². The topological polar surface area (TPSA) is 43.9 Å². The molecule has 0 spiro atoms. The lowest BCUT2D eigenvalue weighted by atomic mass is 10.0. The Labute approximate surface area is 183 Å². The lowest BCUT2D eigenvalue weighted by Gasteiger charge is -2.34. The molecule has 0 aliphatic carbocycles. The van der Waals surface area contributed by atoms with Crippen LogP contribution in [-0.2, 0) is 6.54 Å². The summed E-state index contributed by atoms with van der Waals surface area (Å²) in [6.07, 6.45) is 0.835. The summed E-state index contributed by atoms with van der Waals surface area (Å²) >= 11 is 0. The zero-order chi connectivity index (χ0) is 21.8. The van der Waals surface area contributed by atoms with Crippen molar-refractivity contribution in [1.82, 2.24) is 4.90 Å². The molecule has 0 bridgehead atoms. The summed E-state index contributed by atoms with van der Waals surface area (Å²) in [7, 11) is 4.05. The quantitative estimate of drug-likeness (QED) is 0.600. The summed E-state index contributed by atoms with van der Waals surface area (Å²) in [5.41, 5.74) is 3.45. The first-order chi connectivity index (χ1) is 15.1. The van der Waals surface area contributed by atoms with Crippen molar-refractivity contribution < 1.29 is 9.59 Å². The summed E-state index contributed by atoms with van der Waals surface area (Å²) in [4.78, 5) is 33.0. The minimum absolute atomic E-state index is 0.130. The Hall–Kier alpha value is -3.44. The second-order valence-corrected chi connectivity index (χ2v) is 8.02. The minimum Gasteiger partial charge on any atom is -0.309 e. The Morgan fingerprint density at radius 2 is 1.19 bits per heavy atom. The van der Waals surface area contributed by atoms with E-state index in [-0.39, 0.29) is 11.8 Å². The number of carbonyl (C=O) groups is 2. The Bertz CT molecular complexity index is 1080. The number of fused-ring (bicyclic) bond motifs is 2. The molecule has 1 aliphatic heterocycles. The molecular weight excluding hydrogens is 386 g/mol. The van der Waals surface area contributed by atoms with Crippen LogP contribution in [0.2, 0.25) is 0 Å². The molecule has 5 nitrogen and oxygen atoms in total. The first kappa shape index (κ1) is 20.8. The number of amides is 2. The fourth-order valence-electron chi connectivity index (χ4n) is 3.98. The van der Waals surface area contributed by atoms with Crippen molar-refractivity contribution in [3.05, 3.63) is 95.6 Å². The number of carbonyl (C=O) groups excluding carboxylic acids is 2. The molecule has 5 heteroatoms. The van der Waals surface area contributed by atoms with Crippen LogP contribution >= 0.6 is 0 Å². The molecule has 3 aromatic rings. The Balaban J connectivity index is 1.83. The van der Waals surface area contributed by atoms with Gasteiger partial charge in [0.1, 0.15) is 0 Å². The molecule has 2 amide bonds. The number of para-hydroxylation sites is 2. The van der Waals surface area contributed by atoms with Gasteiger partial charge in [-0.1, -0.05) is 54.6 Å². The van der Waals surface area contributed by atoms with Crippen LogP contribution in [0.25, 0.3) is 0 Å². The average molecular weight is 414 g/mol. The second kappa shape index (κ2) is 9.14. The molecule has 158 valence electrons. The van der Waals surface area contributed by atoms with E-state index in [2.05, 4.69) is 4.90 Å². The summed E-state index contributed by atoms with van der Waals surface area (Å²) in [6.45, 7) is 1.89. The van der Waals surface area contributed by atoms with Gasteiger partial charge in [0, 0.05) is 6.54 Å². The largest absolute Gasteiger partial charge is 0.309 e. The van der Waals surface area contributed by atoms with Crippen molar-refractivity contribution in [2.45, 2.75) is 13.0 Å². The van der Waals surface area contributed by atoms with Crippen molar-refractivity contribution in [2.24, 2.45) is 0 Å². The standard InChI is InChI=1S/C26H27N3O2/c1-27(2)17-10-18-28-23-15-8-9-16-24(23)29(19-20-11-4-3-5-12-20)26(31)22-14-7-6-13-21(22)25(28)30/h3-9,11-16H,10,17-19H2,1-2H3. The van der Waals surface area contributed by atoms with E-state index in [0.717, 1.165) is 29.9 Å². The van der Waals surface area contributed by atoms with Gasteiger partial charge < -0.3 is 14.7 Å². The second-order valence-electron chi connectivity index (χ2n) is 8.02. The third-order valence-corrected chi connectivity index (χ3v) is 5.51. The summed E-state index contributed by atoms with van der Waals surface area (Å²) in [6, 6.07) is 24.8. The van der Waals surface area contributed by atoms with E-state index in [1.807, 2.05) is 85.7 Å². The van der Waals surface area contributed by atoms with E-state index in [1.165, 1.54) is 0 Å². The molecule has 0 unspecified atom stereocenters. The molecule has 1 aliphatic rings. The van der Waals surface area contributed by atoms with Crippen LogP contribution in [0.5, 0.6) is 0 Å². The molecule has 0 aromatic heterocycles. The predicted molar refractivity (Wildman–Crippen MR) is 125 cm³/mol. The molecular formula is C26H27N3O2. The third-order valence-electron chi connectivity index (χ3n) is 5.51. The summed E-state index contributed by atoms with van der Waals surface area (Å²) in [5.74, 6) is -0.289. The van der Waals surface area contributed by atoms with Gasteiger partial charge in [0.25, 0.3) is 11.8 Å². The molecule has 0 N–H and O–H groups in total. The van der Waals surface area contributed by atoms with Crippen molar-refractivity contribution in [3.63, 3.8) is 0 Å². The number of rotatable bonds is 6. The highest BCUT2D eigenvalue weighted by Gasteiger charge is 2.32. The molecule has 4 rings (SSSR count). The zero-order valence-electron chi connectivity index (χ0n) is 18.0. The number of benzene rings is 3. The van der Waals surface area contributed by atoms with Crippen LogP contribution in [0, 0.1) is 0 Å². The predicted octanol–water partition coefficient (Wildman–Crippen LogP) is 4.45. The van der Waals surface area contributed by atoms with Crippen molar-refractivity contribution >= 4 is 23.2 Å². The van der Waals surface area contributed by atoms with E-state index in [4.69, 9.17) is 0 Å². The minimum atomic E-state index is -0.159. The maximum atomic E-state index is 13.7. The highest BCUT2D eigenvalue weighted by Crippen LogP contribution is 2.35. The van der Waals surface area contributed by atoms with Crippen molar-refractivity contribution in [2.75, 3.05) is 37.0 Å². The lowest BCUT2D eigenvalue weighted by Crippen LogP contribution is -2.41. The van der Waals surface area contributed by atoms with Crippen LogP contribution in [0.3, 0.4) is 0 Å². The Kier molecular flexibility index (Phi) is 6.14. The lowest BCUT2D eigenvalue weighted by molar-refractivity contribution is 0.0948. The molecule has 0 fully saturated rings. The first-order valence-corrected chi connectivity index (χ1v) is 10.6. The average Bonchev–Trinajstić information content (AvgIpc) is 2.80. The van der Waals surface area contributed by atoms with Crippen LogP contribution in [-0.4, -0.2) is 43.9 Å². The third kappa shape index (κ3) is 4.37. The number of nitrogens with zero attached hydrogens (tertiary/aromatic N) is 3. The van der Waals surface area contributed by atoms with Gasteiger partial charge in [-0.3, -0.25) is 9.59 Å². The van der Waals surface area contributed by atoms with E-state index in [9.17, 15) is 9.59 Å². The van der Waals surface area contributed by atoms with E-state index in [0.29, 0.717) is 24.2 Å². The van der Waals surface area contributed by atoms with Gasteiger partial charge in [0.15, 0.2) is 0 Å². The summed E-state index contributed by atoms with van der Waals surface area (Å²) < 4.78 is 0. The number of hydrogen-bond donors (Lipinski definition) is 0. The molecule has 0 radical (unpaired) electrons. The Morgan fingerprint density at radius 1 is 0.677 bits per heavy atom. The van der Waals surface area contributed by atoms with E-state index < -0.39 is 0 Å². The first-order valence-electron chi connectivity index (χ1n) is 10.6. The number of hydrogen-bond acceptors (Lipinski definition) is 3. The smallest absolute Gasteiger partial charge is 0.259 e. The van der Waals surface area contributed by atoms with E-state index >= 15 is 0 Å². The van der Waals surface area contributed by atoms with Gasteiger partial charge in [-0.25, -0.2) is 0 Å². The fraction of sp³-hybridized carbons (Fsp3) is 0.231.